The molecule has 0 saturated carbocycles. The summed E-state index contributed by atoms with van der Waals surface area (Å²) in [7, 11) is 0. The molecule has 7 heteroatoms. The lowest BCUT2D eigenvalue weighted by Crippen LogP contribution is -2.30. The second-order valence-electron chi connectivity index (χ2n) is 6.98. The van der Waals surface area contributed by atoms with Gasteiger partial charge in [-0.1, -0.05) is 36.8 Å². The predicted octanol–water partition coefficient (Wildman–Crippen LogP) is 4.25. The van der Waals surface area contributed by atoms with E-state index >= 15 is 0 Å². The fourth-order valence-electron chi connectivity index (χ4n) is 3.72. The number of aromatic amines is 1. The van der Waals surface area contributed by atoms with Gasteiger partial charge < -0.3 is 4.90 Å². The maximum absolute atomic E-state index is 13.0. The first-order chi connectivity index (χ1) is 13.5. The smallest absolute Gasteiger partial charge is 0.273 e. The van der Waals surface area contributed by atoms with Crippen LogP contribution in [0.4, 0.5) is 5.69 Å². The lowest BCUT2D eigenvalue weighted by atomic mass is 9.95. The number of H-pyrrole nitrogens is 1. The van der Waals surface area contributed by atoms with E-state index in [4.69, 9.17) is 0 Å². The van der Waals surface area contributed by atoms with Gasteiger partial charge in [0.25, 0.3) is 11.6 Å². The quantitative estimate of drug-likeness (QED) is 0.532. The first kappa shape index (κ1) is 17.9. The molecule has 0 fully saturated rings. The number of carbonyl (C=O) groups is 1. The van der Waals surface area contributed by atoms with E-state index in [-0.39, 0.29) is 17.6 Å². The van der Waals surface area contributed by atoms with Crippen LogP contribution in [0.25, 0.3) is 11.3 Å². The lowest BCUT2D eigenvalue weighted by Gasteiger charge is -2.25. The lowest BCUT2D eigenvalue weighted by molar-refractivity contribution is -0.384. The van der Waals surface area contributed by atoms with E-state index in [1.807, 2.05) is 43.0 Å². The molecule has 0 aliphatic carbocycles. The Kier molecular flexibility index (Phi) is 4.43. The molecule has 1 amide bonds. The zero-order valence-electron chi connectivity index (χ0n) is 15.7. The second-order valence-corrected chi connectivity index (χ2v) is 6.98. The second kappa shape index (κ2) is 6.92. The molecule has 0 radical (unpaired) electrons. The molecular formula is C21H20N4O3. The SMILES string of the molecule is CCCN1C(=O)c2[nH]nc(-c3ccc(C)cc3)c2C1c1ccc([N+](=O)[O-])cc1. The van der Waals surface area contributed by atoms with Crippen molar-refractivity contribution in [1.82, 2.24) is 15.1 Å². The Labute approximate surface area is 162 Å². The fourth-order valence-corrected chi connectivity index (χ4v) is 3.72. The first-order valence-electron chi connectivity index (χ1n) is 9.22. The number of fused-ring (bicyclic) bond motifs is 1. The van der Waals surface area contributed by atoms with Crippen molar-refractivity contribution >= 4 is 11.6 Å². The Morgan fingerprint density at radius 1 is 1.14 bits per heavy atom. The van der Waals surface area contributed by atoms with Crippen LogP contribution in [0.3, 0.4) is 0 Å². The number of amides is 1. The first-order valence-corrected chi connectivity index (χ1v) is 9.22. The zero-order chi connectivity index (χ0) is 19.8. The average Bonchev–Trinajstić information content (AvgIpc) is 3.23. The Morgan fingerprint density at radius 3 is 2.43 bits per heavy atom. The van der Waals surface area contributed by atoms with Crippen molar-refractivity contribution in [2.24, 2.45) is 0 Å². The number of aromatic nitrogens is 2. The van der Waals surface area contributed by atoms with Crippen LogP contribution in [0.2, 0.25) is 0 Å². The van der Waals surface area contributed by atoms with Gasteiger partial charge in [0.1, 0.15) is 5.69 Å². The number of benzene rings is 2. The highest BCUT2D eigenvalue weighted by molar-refractivity contribution is 6.00. The van der Waals surface area contributed by atoms with Crippen LogP contribution in [-0.2, 0) is 0 Å². The topological polar surface area (TPSA) is 92.1 Å². The summed E-state index contributed by atoms with van der Waals surface area (Å²) >= 11 is 0. The van der Waals surface area contributed by atoms with Crippen LogP contribution in [0.15, 0.2) is 48.5 Å². The molecule has 1 aromatic heterocycles. The molecule has 7 nitrogen and oxygen atoms in total. The third-order valence-electron chi connectivity index (χ3n) is 5.07. The minimum atomic E-state index is -0.422. The minimum absolute atomic E-state index is 0.0290. The fraction of sp³-hybridized carbons (Fsp3) is 0.238. The number of rotatable bonds is 5. The van der Waals surface area contributed by atoms with Crippen LogP contribution in [0.1, 0.15) is 46.6 Å². The number of nitro groups is 1. The van der Waals surface area contributed by atoms with E-state index in [2.05, 4.69) is 10.2 Å². The summed E-state index contributed by atoms with van der Waals surface area (Å²) < 4.78 is 0. The highest BCUT2D eigenvalue weighted by Gasteiger charge is 2.41. The number of non-ortho nitro benzene ring substituents is 1. The van der Waals surface area contributed by atoms with Gasteiger partial charge in [-0.05, 0) is 31.0 Å². The van der Waals surface area contributed by atoms with Crippen molar-refractivity contribution in [3.63, 3.8) is 0 Å². The molecule has 1 atom stereocenters. The van der Waals surface area contributed by atoms with Gasteiger partial charge in [0.05, 0.1) is 16.7 Å². The van der Waals surface area contributed by atoms with E-state index in [9.17, 15) is 14.9 Å². The molecule has 3 aromatic rings. The molecular weight excluding hydrogens is 356 g/mol. The molecule has 142 valence electrons. The number of nitrogens with zero attached hydrogens (tertiary/aromatic N) is 3. The van der Waals surface area contributed by atoms with Crippen LogP contribution in [0, 0.1) is 17.0 Å². The molecule has 28 heavy (non-hydrogen) atoms. The van der Waals surface area contributed by atoms with Crippen molar-refractivity contribution < 1.29 is 9.72 Å². The van der Waals surface area contributed by atoms with Crippen LogP contribution < -0.4 is 0 Å². The normalized spacial score (nSPS) is 15.7. The summed E-state index contributed by atoms with van der Waals surface area (Å²) in [6.45, 7) is 4.63. The average molecular weight is 376 g/mol. The van der Waals surface area contributed by atoms with Gasteiger partial charge in [-0.15, -0.1) is 0 Å². The molecule has 1 unspecified atom stereocenters. The number of carbonyl (C=O) groups excluding carboxylic acids is 1. The largest absolute Gasteiger partial charge is 0.326 e. The number of hydrogen-bond donors (Lipinski definition) is 1. The van der Waals surface area contributed by atoms with Crippen LogP contribution in [-0.4, -0.2) is 32.5 Å². The van der Waals surface area contributed by atoms with Gasteiger partial charge in [-0.3, -0.25) is 20.0 Å². The summed E-state index contributed by atoms with van der Waals surface area (Å²) in [5.74, 6) is -0.0916. The van der Waals surface area contributed by atoms with Crippen molar-refractivity contribution in [3.05, 3.63) is 81.0 Å². The van der Waals surface area contributed by atoms with E-state index in [1.54, 1.807) is 12.1 Å². The van der Waals surface area contributed by atoms with Crippen molar-refractivity contribution in [1.29, 1.82) is 0 Å². The van der Waals surface area contributed by atoms with Gasteiger partial charge in [-0.2, -0.15) is 5.10 Å². The molecule has 4 rings (SSSR count). The van der Waals surface area contributed by atoms with Gasteiger partial charge in [0, 0.05) is 29.8 Å². The standard InChI is InChI=1S/C21H20N4O3/c1-3-12-24-20(15-8-10-16(11-9-15)25(27)28)17-18(22-23-19(17)21(24)26)14-6-4-13(2)5-7-14/h4-11,20H,3,12H2,1-2H3,(H,22,23). The summed E-state index contributed by atoms with van der Waals surface area (Å²) in [4.78, 5) is 25.4. The molecule has 1 N–H and O–H groups in total. The molecule has 2 heterocycles. The number of nitro benzene ring substituents is 1. The molecule has 0 bridgehead atoms. The maximum Gasteiger partial charge on any atom is 0.273 e. The summed E-state index contributed by atoms with van der Waals surface area (Å²) in [6.07, 6.45) is 0.812. The highest BCUT2D eigenvalue weighted by atomic mass is 16.6. The Hall–Kier alpha value is -3.48. The Morgan fingerprint density at radius 2 is 1.82 bits per heavy atom. The van der Waals surface area contributed by atoms with Crippen LogP contribution >= 0.6 is 0 Å². The van der Waals surface area contributed by atoms with E-state index in [1.165, 1.54) is 12.1 Å². The van der Waals surface area contributed by atoms with Crippen LogP contribution in [0.5, 0.6) is 0 Å². The van der Waals surface area contributed by atoms with Crippen molar-refractivity contribution in [3.8, 4) is 11.3 Å². The molecule has 0 saturated heterocycles. The van der Waals surface area contributed by atoms with Gasteiger partial charge in [-0.25, -0.2) is 0 Å². The minimum Gasteiger partial charge on any atom is -0.326 e. The number of hydrogen-bond acceptors (Lipinski definition) is 4. The highest BCUT2D eigenvalue weighted by Crippen LogP contribution is 2.43. The summed E-state index contributed by atoms with van der Waals surface area (Å²) in [5.41, 5.74) is 5.00. The Bertz CT molecular complexity index is 1040. The number of nitrogens with one attached hydrogen (secondary N) is 1. The molecule has 2 aromatic carbocycles. The van der Waals surface area contributed by atoms with E-state index in [0.717, 1.165) is 34.4 Å². The summed E-state index contributed by atoms with van der Waals surface area (Å²) in [5, 5.41) is 18.3. The van der Waals surface area contributed by atoms with Gasteiger partial charge in [0.2, 0.25) is 0 Å². The van der Waals surface area contributed by atoms with Crippen molar-refractivity contribution in [2.45, 2.75) is 26.3 Å². The molecule has 0 spiro atoms. The Balaban J connectivity index is 1.85. The van der Waals surface area contributed by atoms with Gasteiger partial charge in [0.15, 0.2) is 0 Å². The third kappa shape index (κ3) is 2.85. The summed E-state index contributed by atoms with van der Waals surface area (Å²) in [6, 6.07) is 14.1. The number of aryl methyl sites for hydroxylation is 1. The predicted molar refractivity (Wildman–Crippen MR) is 105 cm³/mol. The van der Waals surface area contributed by atoms with E-state index in [0.29, 0.717) is 12.2 Å². The maximum atomic E-state index is 13.0. The van der Waals surface area contributed by atoms with E-state index < -0.39 is 4.92 Å². The zero-order valence-corrected chi connectivity index (χ0v) is 15.7. The third-order valence-corrected chi connectivity index (χ3v) is 5.07. The van der Waals surface area contributed by atoms with Gasteiger partial charge >= 0.3 is 0 Å². The monoisotopic (exact) mass is 376 g/mol. The molecule has 1 aliphatic rings. The van der Waals surface area contributed by atoms with Crippen molar-refractivity contribution in [2.75, 3.05) is 6.54 Å². The molecule has 1 aliphatic heterocycles.